The first-order valence-corrected chi connectivity index (χ1v) is 12.9. The third-order valence-corrected chi connectivity index (χ3v) is 6.88. The summed E-state index contributed by atoms with van der Waals surface area (Å²) in [4.78, 5) is 42.6. The topological polar surface area (TPSA) is 87.5 Å². The lowest BCUT2D eigenvalue weighted by Gasteiger charge is -2.21. The van der Waals surface area contributed by atoms with Crippen molar-refractivity contribution in [2.24, 2.45) is 0 Å². The maximum Gasteiger partial charge on any atom is 0.274 e. The molecule has 0 saturated heterocycles. The van der Waals surface area contributed by atoms with Crippen LogP contribution < -0.4 is 5.32 Å². The third-order valence-electron chi connectivity index (χ3n) is 6.88. The normalized spacial score (nSPS) is 14.0. The van der Waals surface area contributed by atoms with E-state index in [1.807, 2.05) is 80.3 Å². The van der Waals surface area contributed by atoms with Gasteiger partial charge in [-0.2, -0.15) is 5.10 Å². The number of aromatic nitrogens is 2. The van der Waals surface area contributed by atoms with E-state index in [2.05, 4.69) is 10.4 Å². The molecule has 3 amide bonds. The number of rotatable bonds is 9. The summed E-state index contributed by atoms with van der Waals surface area (Å²) in [7, 11) is 0. The summed E-state index contributed by atoms with van der Waals surface area (Å²) in [5.74, 6) is -0.514. The Morgan fingerprint density at radius 2 is 1.81 bits per heavy atom. The number of nitrogens with one attached hydrogen (secondary N) is 1. The van der Waals surface area contributed by atoms with Gasteiger partial charge in [-0.15, -0.1) is 0 Å². The average molecular weight is 502 g/mol. The summed E-state index contributed by atoms with van der Waals surface area (Å²) >= 11 is 0. The molecule has 0 saturated carbocycles. The van der Waals surface area contributed by atoms with Crippen molar-refractivity contribution < 1.29 is 14.4 Å². The van der Waals surface area contributed by atoms with E-state index in [4.69, 9.17) is 0 Å². The summed E-state index contributed by atoms with van der Waals surface area (Å²) < 4.78 is 1.65. The van der Waals surface area contributed by atoms with Gasteiger partial charge < -0.3 is 15.1 Å². The summed E-state index contributed by atoms with van der Waals surface area (Å²) in [5, 5.41) is 7.47. The van der Waals surface area contributed by atoms with Crippen molar-refractivity contribution in [2.45, 2.75) is 52.7 Å². The molecule has 0 radical (unpaired) electrons. The molecule has 8 nitrogen and oxygen atoms in total. The fourth-order valence-electron chi connectivity index (χ4n) is 4.62. The molecule has 2 heterocycles. The lowest BCUT2D eigenvalue weighted by Crippen LogP contribution is -2.36. The molecule has 1 aromatic heterocycles. The number of fused-ring (bicyclic) bond motifs is 1. The molecular weight excluding hydrogens is 466 g/mol. The minimum Gasteiger partial charge on any atom is -0.350 e. The molecule has 0 aliphatic carbocycles. The largest absolute Gasteiger partial charge is 0.350 e. The van der Waals surface area contributed by atoms with Crippen LogP contribution in [0.1, 0.15) is 70.4 Å². The van der Waals surface area contributed by atoms with Gasteiger partial charge in [0.25, 0.3) is 11.8 Å². The number of benzene rings is 2. The van der Waals surface area contributed by atoms with Crippen LogP contribution in [0.25, 0.3) is 0 Å². The molecular formula is C29H35N5O3. The van der Waals surface area contributed by atoms with E-state index in [1.165, 1.54) is 0 Å². The predicted molar refractivity (Wildman–Crippen MR) is 142 cm³/mol. The minimum atomic E-state index is -0.273. The van der Waals surface area contributed by atoms with E-state index >= 15 is 0 Å². The second-order valence-corrected chi connectivity index (χ2v) is 9.48. The zero-order chi connectivity index (χ0) is 26.4. The van der Waals surface area contributed by atoms with E-state index in [9.17, 15) is 14.4 Å². The number of carbonyl (C=O) groups excluding carboxylic acids is 3. The van der Waals surface area contributed by atoms with Crippen LogP contribution in [-0.4, -0.2) is 56.9 Å². The number of hydrogen-bond donors (Lipinski definition) is 1. The van der Waals surface area contributed by atoms with Gasteiger partial charge in [-0.25, -0.2) is 0 Å². The highest BCUT2D eigenvalue weighted by Gasteiger charge is 2.28. The Labute approximate surface area is 218 Å². The Morgan fingerprint density at radius 3 is 2.54 bits per heavy atom. The first-order valence-electron chi connectivity index (χ1n) is 12.9. The summed E-state index contributed by atoms with van der Waals surface area (Å²) in [6, 6.07) is 19.3. The van der Waals surface area contributed by atoms with Gasteiger partial charge in [0, 0.05) is 45.2 Å². The van der Waals surface area contributed by atoms with Gasteiger partial charge >= 0.3 is 0 Å². The van der Waals surface area contributed by atoms with E-state index < -0.39 is 0 Å². The molecule has 1 N–H and O–H groups in total. The molecule has 1 unspecified atom stereocenters. The van der Waals surface area contributed by atoms with Crippen molar-refractivity contribution >= 4 is 17.7 Å². The number of carbonyl (C=O) groups is 3. The Balaban J connectivity index is 1.39. The molecule has 8 heteroatoms. The van der Waals surface area contributed by atoms with Crippen LogP contribution in [0, 0.1) is 6.92 Å². The average Bonchev–Trinajstić information content (AvgIpc) is 3.27. The maximum atomic E-state index is 13.3. The predicted octanol–water partition coefficient (Wildman–Crippen LogP) is 3.97. The van der Waals surface area contributed by atoms with E-state index in [0.29, 0.717) is 31.9 Å². The van der Waals surface area contributed by atoms with Crippen LogP contribution >= 0.6 is 0 Å². The van der Waals surface area contributed by atoms with Gasteiger partial charge in [0.2, 0.25) is 5.91 Å². The van der Waals surface area contributed by atoms with Crippen LogP contribution in [0.3, 0.4) is 0 Å². The van der Waals surface area contributed by atoms with Crippen molar-refractivity contribution in [3.05, 3.63) is 88.7 Å². The lowest BCUT2D eigenvalue weighted by atomic mass is 10.1. The van der Waals surface area contributed by atoms with Crippen molar-refractivity contribution in [1.29, 1.82) is 0 Å². The van der Waals surface area contributed by atoms with Gasteiger partial charge in [0.15, 0.2) is 5.69 Å². The van der Waals surface area contributed by atoms with Crippen molar-refractivity contribution in [3.63, 3.8) is 0 Å². The number of nitrogens with zero attached hydrogens (tertiary/aromatic N) is 4. The summed E-state index contributed by atoms with van der Waals surface area (Å²) in [5.41, 5.74) is 3.95. The fraction of sp³-hybridized carbons (Fsp3) is 0.379. The van der Waals surface area contributed by atoms with E-state index in [0.717, 1.165) is 23.1 Å². The summed E-state index contributed by atoms with van der Waals surface area (Å²) in [6.07, 6.45) is 0.949. The van der Waals surface area contributed by atoms with Gasteiger partial charge in [-0.1, -0.05) is 54.6 Å². The number of hydrogen-bond acceptors (Lipinski definition) is 4. The standard InChI is InChI=1S/C29H35N5O3/c1-4-32(18-15-27(35)30-22(3)23-12-6-5-7-13-23)28(36)25-19-26-29(37)33(16-10-17-34(26)31-25)20-24-14-9-8-11-21(24)2/h5-9,11-14,19,22H,4,10,15-18,20H2,1-3H3,(H,30,35). The van der Waals surface area contributed by atoms with Gasteiger partial charge in [0.1, 0.15) is 5.69 Å². The smallest absolute Gasteiger partial charge is 0.274 e. The molecule has 0 bridgehead atoms. The fourth-order valence-corrected chi connectivity index (χ4v) is 4.62. The zero-order valence-corrected chi connectivity index (χ0v) is 21.8. The highest BCUT2D eigenvalue weighted by molar-refractivity contribution is 5.98. The van der Waals surface area contributed by atoms with Crippen molar-refractivity contribution in [1.82, 2.24) is 24.9 Å². The molecule has 37 heavy (non-hydrogen) atoms. The van der Waals surface area contributed by atoms with Crippen LogP contribution in [0.15, 0.2) is 60.7 Å². The van der Waals surface area contributed by atoms with Crippen LogP contribution in [0.4, 0.5) is 0 Å². The van der Waals surface area contributed by atoms with Crippen LogP contribution in [0.5, 0.6) is 0 Å². The number of aryl methyl sites for hydroxylation is 2. The molecule has 3 aromatic rings. The molecule has 194 valence electrons. The van der Waals surface area contributed by atoms with Crippen molar-refractivity contribution in [2.75, 3.05) is 19.6 Å². The zero-order valence-electron chi connectivity index (χ0n) is 21.8. The highest BCUT2D eigenvalue weighted by atomic mass is 16.2. The quantitative estimate of drug-likeness (QED) is 0.481. The molecule has 0 spiro atoms. The van der Waals surface area contributed by atoms with Gasteiger partial charge in [0.05, 0.1) is 6.04 Å². The third kappa shape index (κ3) is 6.25. The second kappa shape index (κ2) is 11.9. The SMILES string of the molecule is CCN(CCC(=O)NC(C)c1ccccc1)C(=O)c1cc2n(n1)CCCN(Cc1ccccc1C)C2=O. The second-order valence-electron chi connectivity index (χ2n) is 9.48. The Morgan fingerprint density at radius 1 is 1.08 bits per heavy atom. The first-order chi connectivity index (χ1) is 17.9. The highest BCUT2D eigenvalue weighted by Crippen LogP contribution is 2.19. The summed E-state index contributed by atoms with van der Waals surface area (Å²) in [6.45, 7) is 8.31. The lowest BCUT2D eigenvalue weighted by molar-refractivity contribution is -0.121. The molecule has 1 aliphatic rings. The Bertz CT molecular complexity index is 1250. The molecule has 1 aliphatic heterocycles. The van der Waals surface area contributed by atoms with Gasteiger partial charge in [-0.05, 0) is 43.9 Å². The molecule has 1 atom stereocenters. The minimum absolute atomic E-state index is 0.114. The number of amides is 3. The molecule has 2 aromatic carbocycles. The van der Waals surface area contributed by atoms with Crippen molar-refractivity contribution in [3.8, 4) is 0 Å². The van der Waals surface area contributed by atoms with Crippen LogP contribution in [-0.2, 0) is 17.9 Å². The van der Waals surface area contributed by atoms with E-state index in [-0.39, 0.29) is 42.4 Å². The van der Waals surface area contributed by atoms with Crippen LogP contribution in [0.2, 0.25) is 0 Å². The van der Waals surface area contributed by atoms with E-state index in [1.54, 1.807) is 15.6 Å². The Hall–Kier alpha value is -3.94. The monoisotopic (exact) mass is 501 g/mol. The maximum absolute atomic E-state index is 13.3. The Kier molecular flexibility index (Phi) is 8.38. The first kappa shape index (κ1) is 26.1. The molecule has 4 rings (SSSR count). The molecule has 0 fully saturated rings. The van der Waals surface area contributed by atoms with Gasteiger partial charge in [-0.3, -0.25) is 19.1 Å².